The van der Waals surface area contributed by atoms with Crippen molar-refractivity contribution in [2.24, 2.45) is 0 Å². The van der Waals surface area contributed by atoms with E-state index in [1.165, 1.54) is 17.4 Å². The minimum atomic E-state index is -3.78. The molecule has 0 amide bonds. The molecule has 1 N–H and O–H groups in total. The van der Waals surface area contributed by atoms with E-state index in [2.05, 4.69) is 14.7 Å². The van der Waals surface area contributed by atoms with Crippen LogP contribution in [0.1, 0.15) is 0 Å². The molecule has 2 aromatic carbocycles. The fraction of sp³-hybridized carbons (Fsp3) is 0. The molecule has 0 spiro atoms. The number of benzene rings is 2. The van der Waals surface area contributed by atoms with Crippen molar-refractivity contribution in [1.29, 1.82) is 0 Å². The van der Waals surface area contributed by atoms with Crippen molar-refractivity contribution in [2.45, 2.75) is 4.90 Å². The second-order valence-electron chi connectivity index (χ2n) is 5.76. The van der Waals surface area contributed by atoms with E-state index in [9.17, 15) is 8.42 Å². The van der Waals surface area contributed by atoms with Gasteiger partial charge in [0, 0.05) is 17.0 Å². The molecule has 0 radical (unpaired) electrons. The maximum Gasteiger partial charge on any atom is 0.265 e. The van der Waals surface area contributed by atoms with Crippen LogP contribution in [-0.4, -0.2) is 18.4 Å². The Morgan fingerprint density at radius 2 is 1.61 bits per heavy atom. The Bertz CT molecular complexity index is 1160. The number of nitrogens with zero attached hydrogens (tertiary/aromatic N) is 2. The van der Waals surface area contributed by atoms with Crippen molar-refractivity contribution in [3.05, 3.63) is 83.6 Å². The molecule has 0 aliphatic rings. The Morgan fingerprint density at radius 1 is 0.893 bits per heavy atom. The summed E-state index contributed by atoms with van der Waals surface area (Å²) in [4.78, 5) is 8.76. The zero-order valence-electron chi connectivity index (χ0n) is 14.5. The quantitative estimate of drug-likeness (QED) is 0.495. The van der Waals surface area contributed by atoms with E-state index in [1.807, 2.05) is 48.5 Å². The fourth-order valence-electron chi connectivity index (χ4n) is 2.47. The lowest BCUT2D eigenvalue weighted by molar-refractivity contribution is 0.463. The number of aromatic nitrogens is 2. The second kappa shape index (κ2) is 7.79. The number of rotatable bonds is 6. The average Bonchev–Trinajstić information content (AvgIpc) is 3.25. The molecule has 8 heteroatoms. The minimum absolute atomic E-state index is 0.0570. The lowest BCUT2D eigenvalue weighted by Crippen LogP contribution is -2.14. The molecule has 28 heavy (non-hydrogen) atoms. The third-order valence-electron chi connectivity index (χ3n) is 3.77. The van der Waals surface area contributed by atoms with Gasteiger partial charge in [0.25, 0.3) is 10.0 Å². The molecule has 0 aliphatic carbocycles. The molecule has 0 saturated carbocycles. The van der Waals surface area contributed by atoms with Gasteiger partial charge < -0.3 is 4.74 Å². The number of thiophene rings is 1. The van der Waals surface area contributed by atoms with Crippen molar-refractivity contribution in [3.63, 3.8) is 0 Å². The van der Waals surface area contributed by atoms with Crippen LogP contribution < -0.4 is 9.46 Å². The van der Waals surface area contributed by atoms with Gasteiger partial charge in [-0.25, -0.2) is 18.1 Å². The molecule has 6 nitrogen and oxygen atoms in total. The van der Waals surface area contributed by atoms with Crippen LogP contribution in [0.3, 0.4) is 0 Å². The van der Waals surface area contributed by atoms with Gasteiger partial charge in [0.1, 0.15) is 5.75 Å². The van der Waals surface area contributed by atoms with E-state index in [1.54, 1.807) is 29.0 Å². The van der Waals surface area contributed by atoms with E-state index < -0.39 is 10.0 Å². The molecule has 2 heterocycles. The van der Waals surface area contributed by atoms with Gasteiger partial charge in [-0.05, 0) is 23.6 Å². The number of ether oxygens (including phenoxy) is 1. The van der Waals surface area contributed by atoms with Crippen LogP contribution in [0.25, 0.3) is 11.3 Å². The largest absolute Gasteiger partial charge is 0.439 e. The van der Waals surface area contributed by atoms with Crippen LogP contribution in [-0.2, 0) is 10.0 Å². The molecule has 4 aromatic rings. The zero-order valence-corrected chi connectivity index (χ0v) is 16.2. The SMILES string of the molecule is O=S(=O)(Nc1nc(Oc2ccccc2)cc(-c2ccccc2)n1)c1ccsc1. The highest BCUT2D eigenvalue weighted by atomic mass is 32.2. The van der Waals surface area contributed by atoms with Crippen molar-refractivity contribution in [1.82, 2.24) is 9.97 Å². The summed E-state index contributed by atoms with van der Waals surface area (Å²) >= 11 is 1.30. The Balaban J connectivity index is 1.74. The van der Waals surface area contributed by atoms with Gasteiger partial charge >= 0.3 is 0 Å². The molecule has 0 fully saturated rings. The van der Waals surface area contributed by atoms with Gasteiger partial charge in [0.15, 0.2) is 0 Å². The van der Waals surface area contributed by atoms with E-state index >= 15 is 0 Å². The molecule has 0 aliphatic heterocycles. The summed E-state index contributed by atoms with van der Waals surface area (Å²) in [7, 11) is -3.78. The Hall–Kier alpha value is -3.23. The van der Waals surface area contributed by atoms with Crippen molar-refractivity contribution >= 4 is 27.3 Å². The number of anilines is 1. The van der Waals surface area contributed by atoms with Crippen LogP contribution in [0.4, 0.5) is 5.95 Å². The van der Waals surface area contributed by atoms with Gasteiger partial charge in [0.2, 0.25) is 11.8 Å². The summed E-state index contributed by atoms with van der Waals surface area (Å²) < 4.78 is 33.3. The maximum atomic E-state index is 12.6. The number of nitrogens with one attached hydrogen (secondary N) is 1. The molecule has 2 aromatic heterocycles. The van der Waals surface area contributed by atoms with Crippen molar-refractivity contribution in [2.75, 3.05) is 4.72 Å². The predicted octanol–water partition coefficient (Wildman–Crippen LogP) is 4.80. The molecule has 0 unspecified atom stereocenters. The third-order valence-corrected chi connectivity index (χ3v) is 5.93. The first-order chi connectivity index (χ1) is 13.6. The lowest BCUT2D eigenvalue weighted by atomic mass is 10.1. The van der Waals surface area contributed by atoms with Crippen LogP contribution in [0.15, 0.2) is 88.5 Å². The molecule has 0 atom stereocenters. The highest BCUT2D eigenvalue weighted by molar-refractivity contribution is 7.92. The molecular weight excluding hydrogens is 394 g/mol. The van der Waals surface area contributed by atoms with Gasteiger partial charge in [-0.1, -0.05) is 48.5 Å². The topological polar surface area (TPSA) is 81.2 Å². The van der Waals surface area contributed by atoms with Gasteiger partial charge in [-0.2, -0.15) is 16.3 Å². The number of hydrogen-bond donors (Lipinski definition) is 1. The summed E-state index contributed by atoms with van der Waals surface area (Å²) in [6.07, 6.45) is 0. The van der Waals surface area contributed by atoms with Crippen LogP contribution >= 0.6 is 11.3 Å². The summed E-state index contributed by atoms with van der Waals surface area (Å²) in [5.41, 5.74) is 1.36. The van der Waals surface area contributed by atoms with Crippen molar-refractivity contribution < 1.29 is 13.2 Å². The summed E-state index contributed by atoms with van der Waals surface area (Å²) in [6.45, 7) is 0. The molecule has 4 rings (SSSR count). The minimum Gasteiger partial charge on any atom is -0.439 e. The zero-order chi connectivity index (χ0) is 19.4. The summed E-state index contributed by atoms with van der Waals surface area (Å²) in [5, 5.41) is 3.24. The van der Waals surface area contributed by atoms with Crippen LogP contribution in [0.2, 0.25) is 0 Å². The molecule has 0 saturated heterocycles. The molecular formula is C20H15N3O3S2. The normalized spacial score (nSPS) is 11.1. The number of hydrogen-bond acceptors (Lipinski definition) is 6. The first kappa shape index (κ1) is 18.1. The van der Waals surface area contributed by atoms with Crippen LogP contribution in [0, 0.1) is 0 Å². The number of para-hydroxylation sites is 1. The number of sulfonamides is 1. The Kier molecular flexibility index (Phi) is 5.05. The van der Waals surface area contributed by atoms with Gasteiger partial charge in [0.05, 0.1) is 10.6 Å². The van der Waals surface area contributed by atoms with Crippen LogP contribution in [0.5, 0.6) is 11.6 Å². The smallest absolute Gasteiger partial charge is 0.265 e. The summed E-state index contributed by atoms with van der Waals surface area (Å²) in [5.74, 6) is 0.772. The molecule has 0 bridgehead atoms. The van der Waals surface area contributed by atoms with E-state index in [-0.39, 0.29) is 16.7 Å². The highest BCUT2D eigenvalue weighted by Crippen LogP contribution is 2.27. The van der Waals surface area contributed by atoms with E-state index in [0.29, 0.717) is 11.4 Å². The maximum absolute atomic E-state index is 12.6. The Morgan fingerprint density at radius 3 is 2.29 bits per heavy atom. The first-order valence-electron chi connectivity index (χ1n) is 8.33. The Labute approximate surface area is 166 Å². The molecule has 140 valence electrons. The first-order valence-corrected chi connectivity index (χ1v) is 10.8. The third kappa shape index (κ3) is 4.19. The summed E-state index contributed by atoms with van der Waals surface area (Å²) in [6, 6.07) is 21.8. The van der Waals surface area contributed by atoms with Crippen molar-refractivity contribution in [3.8, 4) is 22.9 Å². The monoisotopic (exact) mass is 409 g/mol. The lowest BCUT2D eigenvalue weighted by Gasteiger charge is -2.11. The van der Waals surface area contributed by atoms with E-state index in [4.69, 9.17) is 4.74 Å². The second-order valence-corrected chi connectivity index (χ2v) is 8.22. The fourth-order valence-corrected chi connectivity index (χ4v) is 4.45. The predicted molar refractivity (Wildman–Crippen MR) is 109 cm³/mol. The van der Waals surface area contributed by atoms with E-state index in [0.717, 1.165) is 5.56 Å². The van der Waals surface area contributed by atoms with Gasteiger partial charge in [-0.3, -0.25) is 0 Å². The average molecular weight is 409 g/mol. The highest BCUT2D eigenvalue weighted by Gasteiger charge is 2.18. The standard InChI is InChI=1S/C20H15N3O3S2/c24-28(25,17-11-12-27-14-17)23-20-21-18(15-7-3-1-4-8-15)13-19(22-20)26-16-9-5-2-6-10-16/h1-14H,(H,21,22,23). The van der Waals surface area contributed by atoms with Gasteiger partial charge in [-0.15, -0.1) is 0 Å².